The van der Waals surface area contributed by atoms with Gasteiger partial charge in [0.15, 0.2) is 0 Å². The summed E-state index contributed by atoms with van der Waals surface area (Å²) in [4.78, 5) is 29.5. The molecule has 0 N–H and O–H groups in total. The molecule has 0 unspecified atom stereocenters. The molecule has 4 aromatic rings. The Balaban J connectivity index is 2.18. The Hall–Kier alpha value is -3.21. The highest BCUT2D eigenvalue weighted by molar-refractivity contribution is 6.04. The van der Waals surface area contributed by atoms with E-state index in [4.69, 9.17) is 0 Å². The number of hydrogen-bond donors (Lipinski definition) is 0. The van der Waals surface area contributed by atoms with Crippen molar-refractivity contribution in [2.75, 3.05) is 0 Å². The third kappa shape index (κ3) is 1.97. The van der Waals surface area contributed by atoms with Crippen molar-refractivity contribution >= 4 is 21.7 Å². The lowest BCUT2D eigenvalue weighted by molar-refractivity contribution is 0.873. The Morgan fingerprint density at radius 3 is 2.43 bits per heavy atom. The largest absolute Gasteiger partial charge is 0.318 e. The number of pyridine rings is 3. The van der Waals surface area contributed by atoms with E-state index in [0.717, 1.165) is 5.69 Å². The molecule has 3 heterocycles. The highest BCUT2D eigenvalue weighted by Crippen LogP contribution is 2.18. The van der Waals surface area contributed by atoms with Crippen molar-refractivity contribution in [3.8, 4) is 5.69 Å². The summed E-state index contributed by atoms with van der Waals surface area (Å²) in [6.45, 7) is 0. The van der Waals surface area contributed by atoms with Gasteiger partial charge in [-0.1, -0.05) is 18.2 Å². The standard InChI is InChI=1S/C18H13N3O2/c1-20-9-7-13-14(17(20)22)11-19-15-8-10-21(18(23)16(13)15)12-5-3-2-4-6-12/h2-11H,1H3. The van der Waals surface area contributed by atoms with E-state index in [9.17, 15) is 9.59 Å². The van der Waals surface area contributed by atoms with Crippen molar-refractivity contribution in [2.45, 2.75) is 0 Å². The van der Waals surface area contributed by atoms with Crippen molar-refractivity contribution in [3.63, 3.8) is 0 Å². The molecule has 0 aliphatic carbocycles. The molecule has 0 saturated heterocycles. The van der Waals surface area contributed by atoms with Gasteiger partial charge in [0, 0.05) is 36.7 Å². The number of para-hydroxylation sites is 1. The van der Waals surface area contributed by atoms with Gasteiger partial charge in [-0.25, -0.2) is 0 Å². The van der Waals surface area contributed by atoms with Crippen LogP contribution in [0.25, 0.3) is 27.4 Å². The maximum absolute atomic E-state index is 13.0. The van der Waals surface area contributed by atoms with E-state index in [1.165, 1.54) is 10.8 Å². The molecule has 0 fully saturated rings. The summed E-state index contributed by atoms with van der Waals surface area (Å²) in [5.41, 5.74) is 1.02. The van der Waals surface area contributed by atoms with E-state index in [1.54, 1.807) is 36.1 Å². The van der Waals surface area contributed by atoms with Crippen LogP contribution in [-0.4, -0.2) is 14.1 Å². The van der Waals surface area contributed by atoms with Gasteiger partial charge in [-0.3, -0.25) is 19.1 Å². The molecule has 1 aromatic carbocycles. The van der Waals surface area contributed by atoms with Crippen LogP contribution in [0.3, 0.4) is 0 Å². The molecular weight excluding hydrogens is 290 g/mol. The molecule has 0 saturated carbocycles. The van der Waals surface area contributed by atoms with Gasteiger partial charge in [0.2, 0.25) is 0 Å². The fourth-order valence-corrected chi connectivity index (χ4v) is 2.80. The number of hydrogen-bond acceptors (Lipinski definition) is 3. The second-order valence-corrected chi connectivity index (χ2v) is 5.40. The van der Waals surface area contributed by atoms with Gasteiger partial charge < -0.3 is 4.57 Å². The highest BCUT2D eigenvalue weighted by atomic mass is 16.1. The molecule has 4 rings (SSSR count). The van der Waals surface area contributed by atoms with Crippen LogP contribution in [0.15, 0.2) is 70.6 Å². The summed E-state index contributed by atoms with van der Waals surface area (Å²) in [6, 6.07) is 13.0. The average molecular weight is 303 g/mol. The summed E-state index contributed by atoms with van der Waals surface area (Å²) >= 11 is 0. The predicted octanol–water partition coefficient (Wildman–Crippen LogP) is 2.24. The van der Waals surface area contributed by atoms with Gasteiger partial charge in [0.1, 0.15) is 0 Å². The van der Waals surface area contributed by atoms with E-state index in [2.05, 4.69) is 4.98 Å². The quantitative estimate of drug-likeness (QED) is 0.507. The predicted molar refractivity (Wildman–Crippen MR) is 90.1 cm³/mol. The van der Waals surface area contributed by atoms with Crippen molar-refractivity contribution in [2.24, 2.45) is 7.05 Å². The monoisotopic (exact) mass is 303 g/mol. The number of fused-ring (bicyclic) bond motifs is 3. The SMILES string of the molecule is Cn1ccc2c(cnc3ccn(-c4ccccc4)c(=O)c32)c1=O. The first-order chi connectivity index (χ1) is 11.2. The lowest BCUT2D eigenvalue weighted by Crippen LogP contribution is -2.20. The van der Waals surface area contributed by atoms with Crippen LogP contribution in [0.5, 0.6) is 0 Å². The number of benzene rings is 1. The van der Waals surface area contributed by atoms with Crippen LogP contribution in [-0.2, 0) is 7.05 Å². The van der Waals surface area contributed by atoms with E-state index in [1.807, 2.05) is 30.3 Å². The molecule has 0 atom stereocenters. The van der Waals surface area contributed by atoms with Crippen LogP contribution in [0, 0.1) is 0 Å². The fourth-order valence-electron chi connectivity index (χ4n) is 2.80. The Morgan fingerprint density at radius 1 is 0.870 bits per heavy atom. The minimum absolute atomic E-state index is 0.161. The molecule has 0 aliphatic rings. The van der Waals surface area contributed by atoms with Crippen LogP contribution in [0.2, 0.25) is 0 Å². The topological polar surface area (TPSA) is 56.9 Å². The molecule has 0 aliphatic heterocycles. The van der Waals surface area contributed by atoms with Crippen molar-refractivity contribution < 1.29 is 0 Å². The molecule has 112 valence electrons. The minimum atomic E-state index is -0.181. The summed E-state index contributed by atoms with van der Waals surface area (Å²) < 4.78 is 3.05. The van der Waals surface area contributed by atoms with Gasteiger partial charge in [0.25, 0.3) is 11.1 Å². The third-order valence-electron chi connectivity index (χ3n) is 4.01. The van der Waals surface area contributed by atoms with E-state index in [-0.39, 0.29) is 11.1 Å². The first kappa shape index (κ1) is 13.5. The average Bonchev–Trinajstić information content (AvgIpc) is 2.59. The zero-order valence-corrected chi connectivity index (χ0v) is 12.4. The molecule has 5 heteroatoms. The number of aryl methyl sites for hydroxylation is 1. The van der Waals surface area contributed by atoms with E-state index < -0.39 is 0 Å². The van der Waals surface area contributed by atoms with Gasteiger partial charge in [-0.05, 0) is 24.3 Å². The van der Waals surface area contributed by atoms with E-state index >= 15 is 0 Å². The zero-order valence-electron chi connectivity index (χ0n) is 12.4. The number of aromatic nitrogens is 3. The van der Waals surface area contributed by atoms with Crippen molar-refractivity contribution in [1.29, 1.82) is 0 Å². The molecule has 23 heavy (non-hydrogen) atoms. The summed E-state index contributed by atoms with van der Waals surface area (Å²) in [6.07, 6.45) is 4.91. The second kappa shape index (κ2) is 4.91. The molecule has 0 bridgehead atoms. The number of rotatable bonds is 1. The summed E-state index contributed by atoms with van der Waals surface area (Å²) in [5, 5.41) is 1.55. The first-order valence-corrected chi connectivity index (χ1v) is 7.22. The van der Waals surface area contributed by atoms with Gasteiger partial charge in [0.05, 0.1) is 16.3 Å². The molecular formula is C18H13N3O2. The van der Waals surface area contributed by atoms with Gasteiger partial charge >= 0.3 is 0 Å². The first-order valence-electron chi connectivity index (χ1n) is 7.22. The normalized spacial score (nSPS) is 11.2. The second-order valence-electron chi connectivity index (χ2n) is 5.40. The molecule has 0 amide bonds. The molecule has 0 radical (unpaired) electrons. The lowest BCUT2D eigenvalue weighted by Gasteiger charge is -2.09. The Bertz CT molecular complexity index is 1160. The fraction of sp³-hybridized carbons (Fsp3) is 0.0556. The van der Waals surface area contributed by atoms with Crippen LogP contribution >= 0.6 is 0 Å². The summed E-state index contributed by atoms with van der Waals surface area (Å²) in [5.74, 6) is 0. The molecule has 5 nitrogen and oxygen atoms in total. The maximum Gasteiger partial charge on any atom is 0.265 e. The van der Waals surface area contributed by atoms with Crippen LogP contribution in [0.1, 0.15) is 0 Å². The van der Waals surface area contributed by atoms with Crippen LogP contribution < -0.4 is 11.1 Å². The maximum atomic E-state index is 13.0. The number of nitrogens with zero attached hydrogens (tertiary/aromatic N) is 3. The lowest BCUT2D eigenvalue weighted by atomic mass is 10.1. The van der Waals surface area contributed by atoms with Crippen molar-refractivity contribution in [3.05, 3.63) is 81.8 Å². The zero-order chi connectivity index (χ0) is 16.0. The van der Waals surface area contributed by atoms with Gasteiger partial charge in [-0.15, -0.1) is 0 Å². The third-order valence-corrected chi connectivity index (χ3v) is 4.01. The smallest absolute Gasteiger partial charge is 0.265 e. The van der Waals surface area contributed by atoms with E-state index in [0.29, 0.717) is 21.7 Å². The Labute approximate surface area is 131 Å². The van der Waals surface area contributed by atoms with Crippen LogP contribution in [0.4, 0.5) is 0 Å². The minimum Gasteiger partial charge on any atom is -0.318 e. The molecule has 0 spiro atoms. The summed E-state index contributed by atoms with van der Waals surface area (Å²) in [7, 11) is 1.68. The molecule has 3 aromatic heterocycles. The van der Waals surface area contributed by atoms with Gasteiger partial charge in [-0.2, -0.15) is 0 Å². The van der Waals surface area contributed by atoms with Crippen molar-refractivity contribution in [1.82, 2.24) is 14.1 Å². The Kier molecular flexibility index (Phi) is 2.87. The highest BCUT2D eigenvalue weighted by Gasteiger charge is 2.11. The Morgan fingerprint density at radius 2 is 1.65 bits per heavy atom.